The monoisotopic (exact) mass is 576 g/mol. The Morgan fingerprint density at radius 3 is 2.20 bits per heavy atom. The minimum absolute atomic E-state index is 0.0129. The first kappa shape index (κ1) is 30.3. The van der Waals surface area contributed by atoms with Crippen molar-refractivity contribution in [3.63, 3.8) is 0 Å². The van der Waals surface area contributed by atoms with Gasteiger partial charge in [-0.2, -0.15) is 18.4 Å². The molecule has 4 rings (SSSR count). The Labute approximate surface area is 235 Å². The number of rotatable bonds is 7. The van der Waals surface area contributed by atoms with E-state index >= 15 is 4.39 Å². The molecule has 0 aromatic heterocycles. The third-order valence-corrected chi connectivity index (χ3v) is 7.06. The maximum Gasteiger partial charge on any atom is 0.417 e. The van der Waals surface area contributed by atoms with E-state index < -0.39 is 58.8 Å². The Kier molecular flexibility index (Phi) is 8.61. The number of nitrogens with one attached hydrogen (secondary N) is 1. The summed E-state index contributed by atoms with van der Waals surface area (Å²) in [4.78, 5) is 34.2. The molecule has 2 aliphatic rings. The van der Waals surface area contributed by atoms with Crippen LogP contribution in [-0.2, 0) is 15.8 Å². The third-order valence-electron chi connectivity index (χ3n) is 7.06. The van der Waals surface area contributed by atoms with Crippen molar-refractivity contribution in [2.45, 2.75) is 83.3 Å². The van der Waals surface area contributed by atoms with Crippen molar-refractivity contribution in [2.75, 3.05) is 16.4 Å². The van der Waals surface area contributed by atoms with E-state index in [4.69, 9.17) is 14.8 Å². The molecule has 41 heavy (non-hydrogen) atoms. The molecule has 3 atom stereocenters. The lowest BCUT2D eigenvalue weighted by Crippen LogP contribution is -2.40. The van der Waals surface area contributed by atoms with Gasteiger partial charge in [0.2, 0.25) is 0 Å². The summed E-state index contributed by atoms with van der Waals surface area (Å²) in [6, 6.07) is 7.00. The SMILES string of the molecule is CC(COC(C)(C)C)ONC(=O)c1ccc(N2C(=O)N(c3ccc(C#N)c(C(F)(F)F)c3)[C@@H]3CCCC[C@H]32)cc1F. The molecule has 0 radical (unpaired) electrons. The van der Waals surface area contributed by atoms with Gasteiger partial charge in [-0.25, -0.2) is 14.7 Å². The van der Waals surface area contributed by atoms with Gasteiger partial charge in [0.25, 0.3) is 5.91 Å². The number of benzene rings is 2. The molecule has 0 spiro atoms. The van der Waals surface area contributed by atoms with Crippen molar-refractivity contribution < 1.29 is 36.7 Å². The molecule has 8 nitrogen and oxygen atoms in total. The second kappa shape index (κ2) is 11.7. The average Bonchev–Trinajstić information content (AvgIpc) is 3.20. The molecule has 2 aromatic carbocycles. The molecule has 1 saturated heterocycles. The van der Waals surface area contributed by atoms with Crippen LogP contribution in [0.1, 0.15) is 74.9 Å². The van der Waals surface area contributed by atoms with E-state index in [0.29, 0.717) is 12.8 Å². The lowest BCUT2D eigenvalue weighted by Gasteiger charge is -2.32. The molecular weight excluding hydrogens is 544 g/mol. The normalized spacial score (nSPS) is 20.0. The summed E-state index contributed by atoms with van der Waals surface area (Å²) in [5.41, 5.74) is 0.0382. The fourth-order valence-corrected chi connectivity index (χ4v) is 5.16. The Bertz CT molecular complexity index is 1350. The molecule has 1 unspecified atom stereocenters. The fourth-order valence-electron chi connectivity index (χ4n) is 5.16. The number of ether oxygens (including phenoxy) is 1. The molecule has 2 fully saturated rings. The second-order valence-electron chi connectivity index (χ2n) is 11.2. The number of hydrogen-bond donors (Lipinski definition) is 1. The highest BCUT2D eigenvalue weighted by molar-refractivity contribution is 6.08. The van der Waals surface area contributed by atoms with E-state index in [0.717, 1.165) is 31.0 Å². The second-order valence-corrected chi connectivity index (χ2v) is 11.2. The highest BCUT2D eigenvalue weighted by Gasteiger charge is 2.48. The summed E-state index contributed by atoms with van der Waals surface area (Å²) < 4.78 is 61.7. The van der Waals surface area contributed by atoms with Crippen molar-refractivity contribution in [2.24, 2.45) is 0 Å². The summed E-state index contributed by atoms with van der Waals surface area (Å²) in [7, 11) is 0. The van der Waals surface area contributed by atoms with Crippen LogP contribution in [0, 0.1) is 17.1 Å². The number of fused-ring (bicyclic) bond motifs is 1. The van der Waals surface area contributed by atoms with Crippen molar-refractivity contribution in [1.82, 2.24) is 5.48 Å². The largest absolute Gasteiger partial charge is 0.417 e. The van der Waals surface area contributed by atoms with Gasteiger partial charge in [0.05, 0.1) is 47.1 Å². The predicted octanol–water partition coefficient (Wildman–Crippen LogP) is 6.34. The van der Waals surface area contributed by atoms with Crippen LogP contribution < -0.4 is 15.3 Å². The van der Waals surface area contributed by atoms with E-state index in [-0.39, 0.29) is 23.5 Å². The quantitative estimate of drug-likeness (QED) is 0.307. The number of hydroxylamine groups is 1. The number of nitrogens with zero attached hydrogens (tertiary/aromatic N) is 3. The van der Waals surface area contributed by atoms with Gasteiger partial charge in [-0.05, 0) is 76.9 Å². The van der Waals surface area contributed by atoms with Crippen LogP contribution in [0.15, 0.2) is 36.4 Å². The van der Waals surface area contributed by atoms with Crippen LogP contribution in [0.25, 0.3) is 0 Å². The van der Waals surface area contributed by atoms with Gasteiger partial charge in [0.1, 0.15) is 11.9 Å². The molecule has 220 valence electrons. The maximum absolute atomic E-state index is 15.2. The summed E-state index contributed by atoms with van der Waals surface area (Å²) in [6.45, 7) is 7.51. The topological polar surface area (TPSA) is 94.9 Å². The highest BCUT2D eigenvalue weighted by Crippen LogP contribution is 2.42. The van der Waals surface area contributed by atoms with Crippen LogP contribution in [0.2, 0.25) is 0 Å². The molecule has 1 N–H and O–H groups in total. The van der Waals surface area contributed by atoms with E-state index in [1.54, 1.807) is 13.0 Å². The molecule has 1 aliphatic heterocycles. The van der Waals surface area contributed by atoms with E-state index in [2.05, 4.69) is 5.48 Å². The van der Waals surface area contributed by atoms with Gasteiger partial charge in [-0.1, -0.05) is 12.8 Å². The Morgan fingerprint density at radius 2 is 1.66 bits per heavy atom. The number of hydrogen-bond acceptors (Lipinski definition) is 5. The van der Waals surface area contributed by atoms with Crippen LogP contribution in [0.5, 0.6) is 0 Å². The Balaban J connectivity index is 1.56. The molecule has 12 heteroatoms. The summed E-state index contributed by atoms with van der Waals surface area (Å²) in [6.07, 6.45) is -2.61. The van der Waals surface area contributed by atoms with Gasteiger partial charge in [0.15, 0.2) is 0 Å². The van der Waals surface area contributed by atoms with Gasteiger partial charge >= 0.3 is 12.2 Å². The lowest BCUT2D eigenvalue weighted by molar-refractivity contribution is -0.137. The molecule has 0 bridgehead atoms. The molecule has 3 amide bonds. The average molecular weight is 577 g/mol. The van der Waals surface area contributed by atoms with Crippen LogP contribution in [0.3, 0.4) is 0 Å². The van der Waals surface area contributed by atoms with Crippen LogP contribution >= 0.6 is 0 Å². The van der Waals surface area contributed by atoms with Crippen LogP contribution in [-0.4, -0.2) is 42.3 Å². The number of amides is 3. The summed E-state index contributed by atoms with van der Waals surface area (Å²) in [5, 5.41) is 9.15. The number of urea groups is 1. The number of carbonyl (C=O) groups excluding carboxylic acids is 2. The van der Waals surface area contributed by atoms with Crippen molar-refractivity contribution in [3.05, 3.63) is 58.9 Å². The smallest absolute Gasteiger partial charge is 0.373 e. The molecule has 1 aliphatic carbocycles. The Morgan fingerprint density at radius 1 is 1.07 bits per heavy atom. The molecule has 2 aromatic rings. The number of halogens is 4. The van der Waals surface area contributed by atoms with Crippen LogP contribution in [0.4, 0.5) is 33.7 Å². The van der Waals surface area contributed by atoms with Gasteiger partial charge < -0.3 is 4.74 Å². The minimum Gasteiger partial charge on any atom is -0.373 e. The van der Waals surface area contributed by atoms with Gasteiger partial charge in [0, 0.05) is 11.4 Å². The van der Waals surface area contributed by atoms with E-state index in [9.17, 15) is 22.8 Å². The minimum atomic E-state index is -4.78. The third kappa shape index (κ3) is 6.63. The molecule has 1 saturated carbocycles. The zero-order valence-corrected chi connectivity index (χ0v) is 23.2. The van der Waals surface area contributed by atoms with Crippen molar-refractivity contribution in [1.29, 1.82) is 5.26 Å². The Hall–Kier alpha value is -3.69. The van der Waals surface area contributed by atoms with Crippen molar-refractivity contribution >= 4 is 23.3 Å². The lowest BCUT2D eigenvalue weighted by atomic mass is 9.89. The first-order valence-corrected chi connectivity index (χ1v) is 13.3. The number of alkyl halides is 3. The molecular formula is C29H32F4N4O4. The maximum atomic E-state index is 15.2. The standard InChI is InChI=1S/C29H32F4N4O4/c1-17(16-40-28(2,3)4)41-35-26(38)21-12-11-20(14-23(21)30)37-25-8-6-5-7-24(25)36(27(37)39)19-10-9-18(15-34)22(13-19)29(31,32)33/h9-14,17,24-25H,5-8,16H2,1-4H3,(H,35,38)/t17?,24-,25-/m1/s1. The fraction of sp³-hybridized carbons (Fsp3) is 0.483. The predicted molar refractivity (Wildman–Crippen MR) is 143 cm³/mol. The van der Waals surface area contributed by atoms with E-state index in [1.165, 1.54) is 28.0 Å². The summed E-state index contributed by atoms with van der Waals surface area (Å²) in [5.74, 6) is -1.71. The zero-order valence-electron chi connectivity index (χ0n) is 23.2. The zero-order chi connectivity index (χ0) is 30.1. The number of carbonyl (C=O) groups is 2. The first-order chi connectivity index (χ1) is 19.2. The van der Waals surface area contributed by atoms with Gasteiger partial charge in [-0.15, -0.1) is 0 Å². The van der Waals surface area contributed by atoms with Crippen molar-refractivity contribution in [3.8, 4) is 6.07 Å². The summed E-state index contributed by atoms with van der Waals surface area (Å²) >= 11 is 0. The molecule has 1 heterocycles. The number of anilines is 2. The number of nitriles is 1. The van der Waals surface area contributed by atoms with Gasteiger partial charge in [-0.3, -0.25) is 19.4 Å². The van der Waals surface area contributed by atoms with E-state index in [1.807, 2.05) is 20.8 Å². The highest BCUT2D eigenvalue weighted by atomic mass is 19.4. The first-order valence-electron chi connectivity index (χ1n) is 13.3.